The van der Waals surface area contributed by atoms with Crippen molar-refractivity contribution in [2.45, 2.75) is 44.0 Å². The van der Waals surface area contributed by atoms with Gasteiger partial charge in [0.15, 0.2) is 0 Å². The Morgan fingerprint density at radius 1 is 1.32 bits per heavy atom. The maximum atomic E-state index is 12.7. The van der Waals surface area contributed by atoms with Crippen LogP contribution >= 0.6 is 0 Å². The molecule has 0 saturated heterocycles. The number of aliphatic hydroxyl groups excluding tert-OH is 1. The Bertz CT molecular complexity index is 436. The lowest BCUT2D eigenvalue weighted by atomic mass is 9.91. The van der Waals surface area contributed by atoms with Gasteiger partial charge in [-0.15, -0.1) is 0 Å². The van der Waals surface area contributed by atoms with Crippen molar-refractivity contribution in [3.8, 4) is 0 Å². The molecule has 1 fully saturated rings. The third kappa shape index (κ3) is 3.18. The van der Waals surface area contributed by atoms with Gasteiger partial charge < -0.3 is 10.0 Å². The summed E-state index contributed by atoms with van der Waals surface area (Å²) in [5.74, 6) is 0.251. The zero-order valence-corrected chi connectivity index (χ0v) is 10.7. The fourth-order valence-electron chi connectivity index (χ4n) is 2.50. The molecule has 2 rings (SSSR count). The smallest absolute Gasteiger partial charge is 0.391 e. The van der Waals surface area contributed by atoms with Gasteiger partial charge in [-0.1, -0.05) is 12.8 Å². The molecular formula is C13H17F3N2O. The molecule has 1 aliphatic rings. The molecule has 1 heterocycles. The third-order valence-electron chi connectivity index (χ3n) is 3.63. The Morgan fingerprint density at radius 2 is 2.00 bits per heavy atom. The van der Waals surface area contributed by atoms with Crippen molar-refractivity contribution in [1.29, 1.82) is 0 Å². The van der Waals surface area contributed by atoms with Crippen LogP contribution in [0.5, 0.6) is 0 Å². The second-order valence-corrected chi connectivity index (χ2v) is 4.93. The Balaban J connectivity index is 2.21. The average molecular weight is 274 g/mol. The summed E-state index contributed by atoms with van der Waals surface area (Å²) in [4.78, 5) is 5.63. The van der Waals surface area contributed by atoms with Crippen molar-refractivity contribution < 1.29 is 18.3 Å². The Hall–Kier alpha value is -1.30. The van der Waals surface area contributed by atoms with Crippen LogP contribution in [0.15, 0.2) is 18.3 Å². The lowest BCUT2D eigenvalue weighted by molar-refractivity contribution is -0.137. The summed E-state index contributed by atoms with van der Waals surface area (Å²) in [5, 5.41) is 9.94. The summed E-state index contributed by atoms with van der Waals surface area (Å²) < 4.78 is 38.0. The minimum absolute atomic E-state index is 0.162. The van der Waals surface area contributed by atoms with Crippen LogP contribution in [0, 0.1) is 0 Å². The van der Waals surface area contributed by atoms with E-state index in [-0.39, 0.29) is 11.9 Å². The Labute approximate surface area is 110 Å². The van der Waals surface area contributed by atoms with Crippen molar-refractivity contribution in [2.24, 2.45) is 0 Å². The van der Waals surface area contributed by atoms with E-state index in [1.807, 2.05) is 0 Å². The highest BCUT2D eigenvalue weighted by atomic mass is 19.4. The number of likely N-dealkylation sites (N-methyl/N-ethyl adjacent to an activating group) is 1. The topological polar surface area (TPSA) is 36.4 Å². The van der Waals surface area contributed by atoms with Crippen LogP contribution in [0.4, 0.5) is 19.0 Å². The van der Waals surface area contributed by atoms with E-state index in [1.165, 1.54) is 0 Å². The molecule has 106 valence electrons. The zero-order valence-electron chi connectivity index (χ0n) is 10.7. The molecule has 3 nitrogen and oxygen atoms in total. The number of alkyl halides is 3. The molecule has 1 aromatic heterocycles. The normalized spacial score (nSPS) is 24.3. The fourth-order valence-corrected chi connectivity index (χ4v) is 2.50. The maximum Gasteiger partial charge on any atom is 0.416 e. The fraction of sp³-hybridized carbons (Fsp3) is 0.615. The van der Waals surface area contributed by atoms with Gasteiger partial charge in [0.2, 0.25) is 0 Å². The number of pyridine rings is 1. The summed E-state index contributed by atoms with van der Waals surface area (Å²) >= 11 is 0. The summed E-state index contributed by atoms with van der Waals surface area (Å²) in [6, 6.07) is 1.82. The van der Waals surface area contributed by atoms with E-state index in [0.717, 1.165) is 37.6 Å². The molecule has 0 amide bonds. The van der Waals surface area contributed by atoms with Crippen LogP contribution < -0.4 is 4.90 Å². The van der Waals surface area contributed by atoms with Crippen molar-refractivity contribution in [1.82, 2.24) is 4.98 Å². The van der Waals surface area contributed by atoms with Crippen LogP contribution in [0.25, 0.3) is 0 Å². The van der Waals surface area contributed by atoms with Gasteiger partial charge in [0, 0.05) is 13.2 Å². The number of aromatic nitrogens is 1. The average Bonchev–Trinajstić information content (AvgIpc) is 2.38. The Kier molecular flexibility index (Phi) is 3.99. The highest BCUT2D eigenvalue weighted by molar-refractivity contribution is 5.42. The molecule has 0 radical (unpaired) electrons. The van der Waals surface area contributed by atoms with Crippen LogP contribution in [0.2, 0.25) is 0 Å². The number of rotatable bonds is 2. The van der Waals surface area contributed by atoms with E-state index in [1.54, 1.807) is 11.9 Å². The van der Waals surface area contributed by atoms with Gasteiger partial charge in [-0.05, 0) is 25.0 Å². The second kappa shape index (κ2) is 5.36. The van der Waals surface area contributed by atoms with Crippen molar-refractivity contribution in [2.75, 3.05) is 11.9 Å². The molecule has 6 heteroatoms. The van der Waals surface area contributed by atoms with E-state index in [0.29, 0.717) is 6.42 Å². The molecule has 1 aliphatic carbocycles. The Morgan fingerprint density at radius 3 is 2.63 bits per heavy atom. The van der Waals surface area contributed by atoms with Gasteiger partial charge in [-0.25, -0.2) is 4.98 Å². The predicted octanol–water partition coefficient (Wildman–Crippen LogP) is 2.84. The minimum atomic E-state index is -4.37. The molecule has 1 saturated carbocycles. The largest absolute Gasteiger partial charge is 0.416 e. The minimum Gasteiger partial charge on any atom is -0.391 e. The SMILES string of the molecule is CN(c1cc(C(F)(F)F)ccn1)C1CCCCC1O. The quantitative estimate of drug-likeness (QED) is 0.901. The molecule has 1 aromatic rings. The summed E-state index contributed by atoms with van der Waals surface area (Å²) in [6.45, 7) is 0. The van der Waals surface area contributed by atoms with E-state index in [9.17, 15) is 18.3 Å². The van der Waals surface area contributed by atoms with Gasteiger partial charge in [0.1, 0.15) is 5.82 Å². The first-order valence-corrected chi connectivity index (χ1v) is 6.34. The van der Waals surface area contributed by atoms with Gasteiger partial charge in [0.25, 0.3) is 0 Å². The monoisotopic (exact) mass is 274 g/mol. The van der Waals surface area contributed by atoms with Crippen LogP contribution in [-0.4, -0.2) is 29.3 Å². The van der Waals surface area contributed by atoms with Crippen molar-refractivity contribution in [3.05, 3.63) is 23.9 Å². The highest BCUT2D eigenvalue weighted by Crippen LogP contribution is 2.32. The summed E-state index contributed by atoms with van der Waals surface area (Å²) in [7, 11) is 1.68. The van der Waals surface area contributed by atoms with Crippen LogP contribution in [-0.2, 0) is 6.18 Å². The van der Waals surface area contributed by atoms with E-state index in [4.69, 9.17) is 0 Å². The summed E-state index contributed by atoms with van der Waals surface area (Å²) in [5.41, 5.74) is -0.713. The third-order valence-corrected chi connectivity index (χ3v) is 3.63. The van der Waals surface area contributed by atoms with Gasteiger partial charge >= 0.3 is 6.18 Å². The molecule has 0 aromatic carbocycles. The number of anilines is 1. The standard InChI is InChI=1S/C13H17F3N2O/c1-18(10-4-2-3-5-11(10)19)12-8-9(6-7-17-12)13(14,15)16/h6-8,10-11,19H,2-5H2,1H3. The number of halogens is 3. The first kappa shape index (κ1) is 14.1. The molecule has 2 unspecified atom stereocenters. The number of aliphatic hydroxyl groups is 1. The molecular weight excluding hydrogens is 257 g/mol. The van der Waals surface area contributed by atoms with E-state index >= 15 is 0 Å². The maximum absolute atomic E-state index is 12.7. The number of hydrogen-bond acceptors (Lipinski definition) is 3. The molecule has 0 aliphatic heterocycles. The van der Waals surface area contributed by atoms with Crippen LogP contribution in [0.3, 0.4) is 0 Å². The molecule has 1 N–H and O–H groups in total. The first-order chi connectivity index (χ1) is 8.89. The van der Waals surface area contributed by atoms with Crippen molar-refractivity contribution >= 4 is 5.82 Å². The van der Waals surface area contributed by atoms with Crippen LogP contribution in [0.1, 0.15) is 31.2 Å². The molecule has 19 heavy (non-hydrogen) atoms. The number of nitrogens with zero attached hydrogens (tertiary/aromatic N) is 2. The number of hydrogen-bond donors (Lipinski definition) is 1. The van der Waals surface area contributed by atoms with E-state index in [2.05, 4.69) is 4.98 Å². The zero-order chi connectivity index (χ0) is 14.0. The second-order valence-electron chi connectivity index (χ2n) is 4.93. The molecule has 0 bridgehead atoms. The van der Waals surface area contributed by atoms with E-state index < -0.39 is 17.8 Å². The first-order valence-electron chi connectivity index (χ1n) is 6.34. The highest BCUT2D eigenvalue weighted by Gasteiger charge is 2.32. The molecule has 0 spiro atoms. The van der Waals surface area contributed by atoms with Gasteiger partial charge in [0.05, 0.1) is 17.7 Å². The lowest BCUT2D eigenvalue weighted by Crippen LogP contribution is -2.43. The molecule has 2 atom stereocenters. The lowest BCUT2D eigenvalue weighted by Gasteiger charge is -2.36. The van der Waals surface area contributed by atoms with Gasteiger partial charge in [-0.2, -0.15) is 13.2 Å². The summed E-state index contributed by atoms with van der Waals surface area (Å²) in [6.07, 6.45) is -0.320. The predicted molar refractivity (Wildman–Crippen MR) is 65.9 cm³/mol. The van der Waals surface area contributed by atoms with Crippen molar-refractivity contribution in [3.63, 3.8) is 0 Å². The van der Waals surface area contributed by atoms with Gasteiger partial charge in [-0.3, -0.25) is 0 Å².